The van der Waals surface area contributed by atoms with E-state index in [2.05, 4.69) is 67.1 Å². The van der Waals surface area contributed by atoms with E-state index in [4.69, 9.17) is 4.74 Å². The van der Waals surface area contributed by atoms with Gasteiger partial charge in [0.25, 0.3) is 5.91 Å². The Morgan fingerprint density at radius 2 is 1.88 bits per heavy atom. The van der Waals surface area contributed by atoms with E-state index in [0.29, 0.717) is 5.75 Å². The molecule has 0 unspecified atom stereocenters. The Kier molecular flexibility index (Phi) is 7.06. The Bertz CT molecular complexity index is 743. The van der Waals surface area contributed by atoms with Crippen molar-refractivity contribution < 1.29 is 9.53 Å². The SMILES string of the molecule is CCc1ccc(OCC(=O)N[C@H](CC)c2ccc(C)c(C)c2)c(Br)c1. The van der Waals surface area contributed by atoms with Crippen LogP contribution >= 0.6 is 15.9 Å². The van der Waals surface area contributed by atoms with Gasteiger partial charge in [0.1, 0.15) is 5.75 Å². The molecular formula is C21H26BrNO2. The van der Waals surface area contributed by atoms with Crippen molar-refractivity contribution in [3.8, 4) is 5.75 Å². The molecule has 2 aromatic rings. The van der Waals surface area contributed by atoms with Gasteiger partial charge in [-0.2, -0.15) is 0 Å². The van der Waals surface area contributed by atoms with Gasteiger partial charge in [0.05, 0.1) is 10.5 Å². The summed E-state index contributed by atoms with van der Waals surface area (Å²) in [6, 6.07) is 12.3. The predicted octanol–water partition coefficient (Wildman–Crippen LogP) is 5.27. The third kappa shape index (κ3) is 5.33. The molecule has 0 fully saturated rings. The van der Waals surface area contributed by atoms with Crippen LogP contribution in [0.5, 0.6) is 5.75 Å². The average Bonchev–Trinajstić information content (AvgIpc) is 2.61. The summed E-state index contributed by atoms with van der Waals surface area (Å²) in [4.78, 5) is 12.3. The van der Waals surface area contributed by atoms with Crippen molar-refractivity contribution in [1.29, 1.82) is 0 Å². The number of halogens is 1. The summed E-state index contributed by atoms with van der Waals surface area (Å²) >= 11 is 3.50. The van der Waals surface area contributed by atoms with Crippen LogP contribution in [-0.2, 0) is 11.2 Å². The molecule has 2 rings (SSSR count). The van der Waals surface area contributed by atoms with Crippen molar-refractivity contribution in [3.05, 3.63) is 63.1 Å². The third-order valence-corrected chi connectivity index (χ3v) is 5.06. The number of rotatable bonds is 7. The predicted molar refractivity (Wildman–Crippen MR) is 106 cm³/mol. The number of nitrogens with one attached hydrogen (secondary N) is 1. The van der Waals surface area contributed by atoms with E-state index in [9.17, 15) is 4.79 Å². The van der Waals surface area contributed by atoms with Crippen LogP contribution in [0.25, 0.3) is 0 Å². The summed E-state index contributed by atoms with van der Waals surface area (Å²) < 4.78 is 6.54. The third-order valence-electron chi connectivity index (χ3n) is 4.44. The quantitative estimate of drug-likeness (QED) is 0.682. The minimum atomic E-state index is -0.114. The van der Waals surface area contributed by atoms with Gasteiger partial charge in [-0.15, -0.1) is 0 Å². The maximum absolute atomic E-state index is 12.3. The fourth-order valence-electron chi connectivity index (χ4n) is 2.66. The van der Waals surface area contributed by atoms with Gasteiger partial charge < -0.3 is 10.1 Å². The largest absolute Gasteiger partial charge is 0.483 e. The first-order chi connectivity index (χ1) is 11.9. The maximum Gasteiger partial charge on any atom is 0.258 e. The molecule has 25 heavy (non-hydrogen) atoms. The number of benzene rings is 2. The number of ether oxygens (including phenoxy) is 1. The van der Waals surface area contributed by atoms with Crippen LogP contribution in [0.3, 0.4) is 0 Å². The maximum atomic E-state index is 12.3. The van der Waals surface area contributed by atoms with Gasteiger partial charge in [0, 0.05) is 0 Å². The van der Waals surface area contributed by atoms with Gasteiger partial charge in [-0.25, -0.2) is 0 Å². The second kappa shape index (κ2) is 9.04. The molecule has 0 aliphatic heterocycles. The van der Waals surface area contributed by atoms with Gasteiger partial charge in [0.15, 0.2) is 6.61 Å². The number of hydrogen-bond acceptors (Lipinski definition) is 2. The summed E-state index contributed by atoms with van der Waals surface area (Å²) in [5.74, 6) is 0.572. The number of carbonyl (C=O) groups excluding carboxylic acids is 1. The van der Waals surface area contributed by atoms with Crippen LogP contribution in [0.2, 0.25) is 0 Å². The standard InChI is InChI=1S/C21H26BrNO2/c1-5-16-8-10-20(18(22)12-16)25-13-21(24)23-19(6-2)17-9-7-14(3)15(4)11-17/h7-12,19H,5-6,13H2,1-4H3,(H,23,24)/t19-/m1/s1. The molecule has 1 N–H and O–H groups in total. The first-order valence-electron chi connectivity index (χ1n) is 8.72. The molecule has 0 aliphatic rings. The van der Waals surface area contributed by atoms with E-state index in [1.807, 2.05) is 18.2 Å². The molecule has 0 heterocycles. The van der Waals surface area contributed by atoms with Gasteiger partial charge >= 0.3 is 0 Å². The summed E-state index contributed by atoms with van der Waals surface area (Å²) in [5, 5.41) is 3.06. The van der Waals surface area contributed by atoms with Crippen LogP contribution in [0.15, 0.2) is 40.9 Å². The highest BCUT2D eigenvalue weighted by Gasteiger charge is 2.14. The lowest BCUT2D eigenvalue weighted by Gasteiger charge is -2.19. The highest BCUT2D eigenvalue weighted by molar-refractivity contribution is 9.10. The molecule has 0 aromatic heterocycles. The second-order valence-corrected chi connectivity index (χ2v) is 7.13. The zero-order valence-corrected chi connectivity index (χ0v) is 16.9. The Labute approximate surface area is 158 Å². The van der Waals surface area contributed by atoms with Gasteiger partial charge in [-0.3, -0.25) is 4.79 Å². The van der Waals surface area contributed by atoms with Crippen LogP contribution in [0, 0.1) is 13.8 Å². The van der Waals surface area contributed by atoms with Crippen molar-refractivity contribution >= 4 is 21.8 Å². The molecule has 0 saturated carbocycles. The van der Waals surface area contributed by atoms with E-state index < -0.39 is 0 Å². The summed E-state index contributed by atoms with van der Waals surface area (Å²) in [6.45, 7) is 8.36. The average molecular weight is 404 g/mol. The topological polar surface area (TPSA) is 38.3 Å². The van der Waals surface area contributed by atoms with Crippen molar-refractivity contribution in [2.75, 3.05) is 6.61 Å². The Morgan fingerprint density at radius 3 is 2.48 bits per heavy atom. The number of amides is 1. The number of hydrogen-bond donors (Lipinski definition) is 1. The molecule has 134 valence electrons. The number of carbonyl (C=O) groups is 1. The van der Waals surface area contributed by atoms with E-state index in [-0.39, 0.29) is 18.6 Å². The van der Waals surface area contributed by atoms with Crippen molar-refractivity contribution in [1.82, 2.24) is 5.32 Å². The first-order valence-corrected chi connectivity index (χ1v) is 9.51. The minimum Gasteiger partial charge on any atom is -0.483 e. The minimum absolute atomic E-state index is 0.00121. The Morgan fingerprint density at radius 1 is 1.12 bits per heavy atom. The summed E-state index contributed by atoms with van der Waals surface area (Å²) in [7, 11) is 0. The fraction of sp³-hybridized carbons (Fsp3) is 0.381. The lowest BCUT2D eigenvalue weighted by atomic mass is 9.99. The van der Waals surface area contributed by atoms with Gasteiger partial charge in [-0.1, -0.05) is 38.1 Å². The highest BCUT2D eigenvalue weighted by atomic mass is 79.9. The van der Waals surface area contributed by atoms with Gasteiger partial charge in [-0.05, 0) is 77.0 Å². The molecule has 1 atom stereocenters. The van der Waals surface area contributed by atoms with E-state index in [0.717, 1.165) is 22.9 Å². The highest BCUT2D eigenvalue weighted by Crippen LogP contribution is 2.26. The van der Waals surface area contributed by atoms with Gasteiger partial charge in [0.2, 0.25) is 0 Å². The molecule has 0 bridgehead atoms. The van der Waals surface area contributed by atoms with E-state index in [1.165, 1.54) is 16.7 Å². The Hall–Kier alpha value is -1.81. The molecule has 0 spiro atoms. The zero-order chi connectivity index (χ0) is 18.4. The van der Waals surface area contributed by atoms with Crippen molar-refractivity contribution in [2.24, 2.45) is 0 Å². The van der Waals surface area contributed by atoms with Crippen molar-refractivity contribution in [3.63, 3.8) is 0 Å². The fourth-order valence-corrected chi connectivity index (χ4v) is 3.20. The van der Waals surface area contributed by atoms with Crippen LogP contribution in [0.1, 0.15) is 48.6 Å². The van der Waals surface area contributed by atoms with E-state index in [1.54, 1.807) is 0 Å². The summed E-state index contributed by atoms with van der Waals surface area (Å²) in [6.07, 6.45) is 1.80. The molecule has 0 aliphatic carbocycles. The number of aryl methyl sites for hydroxylation is 3. The lowest BCUT2D eigenvalue weighted by molar-refractivity contribution is -0.123. The van der Waals surface area contributed by atoms with Crippen LogP contribution in [-0.4, -0.2) is 12.5 Å². The molecular weight excluding hydrogens is 378 g/mol. The van der Waals surface area contributed by atoms with Crippen LogP contribution < -0.4 is 10.1 Å². The van der Waals surface area contributed by atoms with E-state index >= 15 is 0 Å². The first kappa shape index (κ1) is 19.5. The smallest absolute Gasteiger partial charge is 0.258 e. The van der Waals surface area contributed by atoms with Crippen molar-refractivity contribution in [2.45, 2.75) is 46.6 Å². The second-order valence-electron chi connectivity index (χ2n) is 6.28. The zero-order valence-electron chi connectivity index (χ0n) is 15.4. The molecule has 4 heteroatoms. The monoisotopic (exact) mass is 403 g/mol. The molecule has 0 radical (unpaired) electrons. The molecule has 1 amide bonds. The summed E-state index contributed by atoms with van der Waals surface area (Å²) in [5.41, 5.74) is 4.85. The molecule has 3 nitrogen and oxygen atoms in total. The van der Waals surface area contributed by atoms with Crippen LogP contribution in [0.4, 0.5) is 0 Å². The molecule has 2 aromatic carbocycles. The lowest BCUT2D eigenvalue weighted by Crippen LogP contribution is -2.32. The Balaban J connectivity index is 1.97. The normalized spacial score (nSPS) is 11.9. The molecule has 0 saturated heterocycles.